The van der Waals surface area contributed by atoms with Crippen LogP contribution in [0.4, 0.5) is 0 Å². The van der Waals surface area contributed by atoms with Gasteiger partial charge in [0.2, 0.25) is 0 Å². The zero-order chi connectivity index (χ0) is 22.2. The molecule has 6 nitrogen and oxygen atoms in total. The average molecular weight is 423 g/mol. The van der Waals surface area contributed by atoms with Crippen molar-refractivity contribution in [3.63, 3.8) is 0 Å². The van der Waals surface area contributed by atoms with E-state index >= 15 is 0 Å². The summed E-state index contributed by atoms with van der Waals surface area (Å²) in [5.41, 5.74) is 0.571. The van der Waals surface area contributed by atoms with Gasteiger partial charge in [-0.25, -0.2) is 4.89 Å². The van der Waals surface area contributed by atoms with Crippen LogP contribution in [0.25, 0.3) is 0 Å². The summed E-state index contributed by atoms with van der Waals surface area (Å²) in [7, 11) is 0. The first-order chi connectivity index (χ1) is 14.1. The second-order valence-corrected chi connectivity index (χ2v) is 9.92. The van der Waals surface area contributed by atoms with Gasteiger partial charge in [0.15, 0.2) is 0 Å². The predicted molar refractivity (Wildman–Crippen MR) is 114 cm³/mol. The van der Waals surface area contributed by atoms with E-state index in [-0.39, 0.29) is 23.9 Å². The molecule has 1 aliphatic carbocycles. The number of fused-ring (bicyclic) bond motifs is 5. The normalized spacial score (nSPS) is 41.8. The topological polar surface area (TPSA) is 85.2 Å². The molecule has 2 N–H and O–H groups in total. The Labute approximate surface area is 180 Å². The van der Waals surface area contributed by atoms with Crippen molar-refractivity contribution >= 4 is 5.97 Å². The number of carbonyl (C=O) groups excluding carboxylic acids is 1. The molecule has 0 spiro atoms. The van der Waals surface area contributed by atoms with E-state index < -0.39 is 23.9 Å². The van der Waals surface area contributed by atoms with Crippen molar-refractivity contribution in [2.45, 2.75) is 96.2 Å². The summed E-state index contributed by atoms with van der Waals surface area (Å²) in [5, 5.41) is 20.6. The lowest BCUT2D eigenvalue weighted by molar-refractivity contribution is -0.273. The Hall–Kier alpha value is -1.21. The van der Waals surface area contributed by atoms with E-state index in [1.807, 2.05) is 13.8 Å². The number of aliphatic hydroxyl groups is 1. The van der Waals surface area contributed by atoms with Crippen molar-refractivity contribution < 1.29 is 29.5 Å². The monoisotopic (exact) mass is 422 g/mol. The van der Waals surface area contributed by atoms with Crippen LogP contribution >= 0.6 is 0 Å². The number of aliphatic hydroxyl groups excluding tert-OH is 1. The lowest BCUT2D eigenvalue weighted by Crippen LogP contribution is -2.51. The van der Waals surface area contributed by atoms with Crippen molar-refractivity contribution in [1.82, 2.24) is 0 Å². The summed E-state index contributed by atoms with van der Waals surface area (Å²) in [5.74, 6) is 0.612. The maximum atomic E-state index is 12.6. The Kier molecular flexibility index (Phi) is 7.12. The molecule has 2 bridgehead atoms. The van der Waals surface area contributed by atoms with Gasteiger partial charge in [0, 0.05) is 18.3 Å². The highest BCUT2D eigenvalue weighted by Crippen LogP contribution is 2.55. The van der Waals surface area contributed by atoms with Crippen LogP contribution in [0.15, 0.2) is 24.3 Å². The molecule has 30 heavy (non-hydrogen) atoms. The zero-order valence-electron chi connectivity index (χ0n) is 18.8. The Morgan fingerprint density at radius 3 is 2.63 bits per heavy atom. The van der Waals surface area contributed by atoms with Gasteiger partial charge in [-0.15, -0.1) is 0 Å². The third-order valence-electron chi connectivity index (χ3n) is 7.58. The largest absolute Gasteiger partial charge is 0.457 e. The Bertz CT molecular complexity index is 673. The standard InChI is InChI=1S/C24H38O6/c1-7-8-18(25)29-24(6)12-11-17(30-27)15(5)21(26)22-19-14(4)9-10-16(13(2)3)20(19)23(24)28-22/h13,16-17,19-23,26-27H,4-5,7-12H2,1-3,6H3. The fraction of sp³-hybridized carbons (Fsp3) is 0.792. The van der Waals surface area contributed by atoms with E-state index in [1.54, 1.807) is 0 Å². The van der Waals surface area contributed by atoms with Gasteiger partial charge < -0.3 is 14.6 Å². The second kappa shape index (κ2) is 9.11. The maximum absolute atomic E-state index is 12.6. The number of carbonyl (C=O) groups is 1. The zero-order valence-corrected chi connectivity index (χ0v) is 18.8. The molecule has 1 saturated carbocycles. The van der Waals surface area contributed by atoms with E-state index in [1.165, 1.54) is 0 Å². The van der Waals surface area contributed by atoms with Gasteiger partial charge in [-0.1, -0.05) is 39.5 Å². The Balaban J connectivity index is 2.07. The molecule has 2 aliphatic heterocycles. The lowest BCUT2D eigenvalue weighted by Gasteiger charge is -2.45. The van der Waals surface area contributed by atoms with Gasteiger partial charge in [-0.2, -0.15) is 0 Å². The second-order valence-electron chi connectivity index (χ2n) is 9.92. The molecule has 3 aliphatic rings. The third-order valence-corrected chi connectivity index (χ3v) is 7.58. The van der Waals surface area contributed by atoms with Gasteiger partial charge in [-0.3, -0.25) is 10.1 Å². The van der Waals surface area contributed by atoms with Crippen LogP contribution in [0.1, 0.15) is 66.2 Å². The summed E-state index contributed by atoms with van der Waals surface area (Å²) in [6, 6.07) is 0. The van der Waals surface area contributed by atoms with Gasteiger partial charge in [0.05, 0.1) is 6.10 Å². The van der Waals surface area contributed by atoms with E-state index in [2.05, 4.69) is 31.9 Å². The first-order valence-corrected chi connectivity index (χ1v) is 11.4. The van der Waals surface area contributed by atoms with Gasteiger partial charge >= 0.3 is 5.97 Å². The highest BCUT2D eigenvalue weighted by Gasteiger charge is 2.60. The molecular weight excluding hydrogens is 384 g/mol. The van der Waals surface area contributed by atoms with Crippen molar-refractivity contribution in [1.29, 1.82) is 0 Å². The SMILES string of the molecule is C=C1C(OO)CCC(C)(OC(=O)CCC)C2OC(C1O)C1C(=C)CCC(C(C)C)C12. The summed E-state index contributed by atoms with van der Waals surface area (Å²) in [6.45, 7) is 16.6. The Morgan fingerprint density at radius 1 is 1.33 bits per heavy atom. The van der Waals surface area contributed by atoms with Crippen LogP contribution in [0, 0.1) is 23.7 Å². The molecule has 3 fully saturated rings. The smallest absolute Gasteiger partial charge is 0.306 e. The quantitative estimate of drug-likeness (QED) is 0.298. The van der Waals surface area contributed by atoms with Crippen molar-refractivity contribution in [2.75, 3.05) is 0 Å². The minimum absolute atomic E-state index is 0.0513. The summed E-state index contributed by atoms with van der Waals surface area (Å²) in [4.78, 5) is 17.2. The third kappa shape index (κ3) is 4.12. The van der Waals surface area contributed by atoms with E-state index in [0.29, 0.717) is 43.1 Å². The molecule has 6 heteroatoms. The van der Waals surface area contributed by atoms with E-state index in [4.69, 9.17) is 9.47 Å². The predicted octanol–water partition coefficient (Wildman–Crippen LogP) is 4.28. The van der Waals surface area contributed by atoms with Crippen molar-refractivity contribution in [3.8, 4) is 0 Å². The summed E-state index contributed by atoms with van der Waals surface area (Å²) >= 11 is 0. The summed E-state index contributed by atoms with van der Waals surface area (Å²) in [6.07, 6.45) is 1.13. The fourth-order valence-electron chi connectivity index (χ4n) is 5.95. The maximum Gasteiger partial charge on any atom is 0.306 e. The summed E-state index contributed by atoms with van der Waals surface area (Å²) < 4.78 is 12.6. The average Bonchev–Trinajstić information content (AvgIpc) is 3.10. The molecular formula is C24H38O6. The number of ether oxygens (including phenoxy) is 2. The highest BCUT2D eigenvalue weighted by atomic mass is 17.1. The molecule has 0 aromatic carbocycles. The van der Waals surface area contributed by atoms with Crippen LogP contribution in [0.5, 0.6) is 0 Å². The van der Waals surface area contributed by atoms with Gasteiger partial charge in [-0.05, 0) is 56.4 Å². The number of esters is 1. The molecule has 2 saturated heterocycles. The minimum Gasteiger partial charge on any atom is -0.457 e. The molecule has 8 unspecified atom stereocenters. The number of hydrogen-bond donors (Lipinski definition) is 2. The molecule has 0 aromatic rings. The van der Waals surface area contributed by atoms with Gasteiger partial charge in [0.1, 0.15) is 23.9 Å². The van der Waals surface area contributed by atoms with E-state index in [9.17, 15) is 15.2 Å². The van der Waals surface area contributed by atoms with Crippen LogP contribution < -0.4 is 0 Å². The van der Waals surface area contributed by atoms with Crippen LogP contribution in [-0.2, 0) is 19.2 Å². The Morgan fingerprint density at radius 2 is 2.03 bits per heavy atom. The molecule has 8 atom stereocenters. The number of rotatable bonds is 5. The molecule has 0 amide bonds. The number of hydrogen-bond acceptors (Lipinski definition) is 6. The molecule has 0 radical (unpaired) electrons. The lowest BCUT2D eigenvalue weighted by atomic mass is 9.60. The van der Waals surface area contributed by atoms with E-state index in [0.717, 1.165) is 18.4 Å². The minimum atomic E-state index is -0.990. The molecule has 2 heterocycles. The molecule has 0 aromatic heterocycles. The van der Waals surface area contributed by atoms with Crippen molar-refractivity contribution in [2.24, 2.45) is 23.7 Å². The fourth-order valence-corrected chi connectivity index (χ4v) is 5.95. The van der Waals surface area contributed by atoms with Crippen LogP contribution in [-0.4, -0.2) is 46.3 Å². The highest BCUT2D eigenvalue weighted by molar-refractivity contribution is 5.69. The van der Waals surface area contributed by atoms with Crippen molar-refractivity contribution in [3.05, 3.63) is 24.3 Å². The first-order valence-electron chi connectivity index (χ1n) is 11.4. The first kappa shape index (κ1) is 23.5. The molecule has 3 rings (SSSR count). The van der Waals surface area contributed by atoms with Crippen LogP contribution in [0.2, 0.25) is 0 Å². The van der Waals surface area contributed by atoms with Crippen LogP contribution in [0.3, 0.4) is 0 Å². The van der Waals surface area contributed by atoms with Gasteiger partial charge in [0.25, 0.3) is 0 Å². The molecule has 170 valence electrons.